The van der Waals surface area contributed by atoms with E-state index in [1.807, 2.05) is 18.2 Å². The minimum Gasteiger partial charge on any atom is -0.338 e. The van der Waals surface area contributed by atoms with Crippen molar-refractivity contribution < 1.29 is 4.79 Å². The Kier molecular flexibility index (Phi) is 3.71. The van der Waals surface area contributed by atoms with Gasteiger partial charge in [-0.1, -0.05) is 29.8 Å². The molecule has 1 amide bonds. The molecular weight excluding hydrogens is 282 g/mol. The number of carbonyl (C=O) groups excluding carboxylic acids is 1. The van der Waals surface area contributed by atoms with Gasteiger partial charge in [-0.3, -0.25) is 10.2 Å². The van der Waals surface area contributed by atoms with E-state index in [9.17, 15) is 4.79 Å². The van der Waals surface area contributed by atoms with Crippen LogP contribution in [0.5, 0.6) is 0 Å². The number of thioether (sulfide) groups is 1. The Balaban J connectivity index is 1.98. The summed E-state index contributed by atoms with van der Waals surface area (Å²) in [5.74, 6) is 0.811. The molecule has 2 fully saturated rings. The molecule has 3 N–H and O–H groups in total. The fraction of sp³-hybridized carbons (Fsp3) is 0.462. The quantitative estimate of drug-likeness (QED) is 0.738. The van der Waals surface area contributed by atoms with E-state index in [1.165, 1.54) is 0 Å². The number of nitrogens with one attached hydrogen (secondary N) is 3. The average Bonchev–Trinajstić information content (AvgIpc) is 2.65. The lowest BCUT2D eigenvalue weighted by molar-refractivity contribution is -0.119. The molecule has 1 aromatic carbocycles. The topological polar surface area (TPSA) is 53.2 Å². The van der Waals surface area contributed by atoms with Gasteiger partial charge in [-0.15, -0.1) is 11.8 Å². The zero-order valence-electron chi connectivity index (χ0n) is 10.5. The predicted octanol–water partition coefficient (Wildman–Crippen LogP) is 1.68. The fourth-order valence-electron chi connectivity index (χ4n) is 2.77. The van der Waals surface area contributed by atoms with Gasteiger partial charge in [0.2, 0.25) is 5.91 Å². The second-order valence-electron chi connectivity index (χ2n) is 4.95. The molecule has 2 aliphatic heterocycles. The summed E-state index contributed by atoms with van der Waals surface area (Å²) in [6.07, 6.45) is -0.0428. The third-order valence-corrected chi connectivity index (χ3v) is 5.40. The molecule has 19 heavy (non-hydrogen) atoms. The molecule has 0 aromatic heterocycles. The number of hydrazine groups is 1. The number of hydrogen-bond acceptors (Lipinski definition) is 4. The monoisotopic (exact) mass is 297 g/mol. The van der Waals surface area contributed by atoms with E-state index >= 15 is 0 Å². The maximum atomic E-state index is 11.8. The summed E-state index contributed by atoms with van der Waals surface area (Å²) in [5.41, 5.74) is 7.48. The number of benzene rings is 1. The van der Waals surface area contributed by atoms with Crippen LogP contribution in [0.4, 0.5) is 0 Å². The first-order valence-electron chi connectivity index (χ1n) is 6.33. The van der Waals surface area contributed by atoms with Crippen LogP contribution in [-0.2, 0) is 4.79 Å². The molecule has 2 heterocycles. The van der Waals surface area contributed by atoms with E-state index < -0.39 is 0 Å². The van der Waals surface area contributed by atoms with Crippen molar-refractivity contribution >= 4 is 29.3 Å². The maximum Gasteiger partial charge on any atom is 0.231 e. The van der Waals surface area contributed by atoms with Gasteiger partial charge >= 0.3 is 0 Å². The van der Waals surface area contributed by atoms with Gasteiger partial charge in [0.25, 0.3) is 0 Å². The van der Waals surface area contributed by atoms with Crippen LogP contribution in [0.2, 0.25) is 5.02 Å². The van der Waals surface area contributed by atoms with Crippen molar-refractivity contribution in [3.63, 3.8) is 0 Å². The van der Waals surface area contributed by atoms with Gasteiger partial charge in [0.15, 0.2) is 0 Å². The molecular formula is C13H16ClN3OS. The summed E-state index contributed by atoms with van der Waals surface area (Å²) in [5, 5.41) is 3.99. The standard InChI is InChI=1S/C13H16ClN3OS/c1-7-11-12(8-4-2-3-5-9(8)14)19-6-10(18)15-13(11)17-16-7/h2-5,7,11-13,16-17H,6H2,1H3,(H,15,18). The first kappa shape index (κ1) is 13.2. The molecule has 2 saturated heterocycles. The molecule has 102 valence electrons. The Labute approximate surface area is 121 Å². The lowest BCUT2D eigenvalue weighted by Crippen LogP contribution is -2.46. The molecule has 0 spiro atoms. The van der Waals surface area contributed by atoms with Crippen LogP contribution in [0.1, 0.15) is 17.7 Å². The lowest BCUT2D eigenvalue weighted by atomic mass is 9.91. The number of hydrogen-bond donors (Lipinski definition) is 3. The molecule has 4 atom stereocenters. The van der Waals surface area contributed by atoms with Crippen molar-refractivity contribution in [2.45, 2.75) is 24.4 Å². The first-order valence-corrected chi connectivity index (χ1v) is 7.76. The summed E-state index contributed by atoms with van der Waals surface area (Å²) in [7, 11) is 0. The third kappa shape index (κ3) is 2.48. The molecule has 0 bridgehead atoms. The van der Waals surface area contributed by atoms with E-state index in [-0.39, 0.29) is 29.3 Å². The minimum atomic E-state index is -0.0428. The normalized spacial score (nSPS) is 34.5. The van der Waals surface area contributed by atoms with Crippen molar-refractivity contribution in [3.8, 4) is 0 Å². The molecule has 0 aliphatic carbocycles. The number of rotatable bonds is 1. The van der Waals surface area contributed by atoms with Crippen molar-refractivity contribution in [1.82, 2.24) is 16.2 Å². The molecule has 4 nitrogen and oxygen atoms in total. The Morgan fingerprint density at radius 3 is 2.89 bits per heavy atom. The summed E-state index contributed by atoms with van der Waals surface area (Å²) in [6.45, 7) is 2.12. The van der Waals surface area contributed by atoms with Crippen LogP contribution in [0.3, 0.4) is 0 Å². The van der Waals surface area contributed by atoms with Gasteiger partial charge in [0.05, 0.1) is 11.9 Å². The highest BCUT2D eigenvalue weighted by Gasteiger charge is 2.43. The van der Waals surface area contributed by atoms with E-state index in [4.69, 9.17) is 11.6 Å². The second-order valence-corrected chi connectivity index (χ2v) is 6.49. The largest absolute Gasteiger partial charge is 0.338 e. The van der Waals surface area contributed by atoms with Crippen molar-refractivity contribution in [1.29, 1.82) is 0 Å². The lowest BCUT2D eigenvalue weighted by Gasteiger charge is -2.27. The molecule has 4 unspecified atom stereocenters. The van der Waals surface area contributed by atoms with Crippen LogP contribution in [0.25, 0.3) is 0 Å². The maximum absolute atomic E-state index is 11.8. The predicted molar refractivity (Wildman–Crippen MR) is 77.8 cm³/mol. The number of carbonyl (C=O) groups is 1. The fourth-order valence-corrected chi connectivity index (χ4v) is 4.50. The molecule has 0 radical (unpaired) electrons. The zero-order chi connectivity index (χ0) is 13.4. The van der Waals surface area contributed by atoms with Crippen LogP contribution >= 0.6 is 23.4 Å². The van der Waals surface area contributed by atoms with Gasteiger partial charge in [-0.05, 0) is 18.6 Å². The Hall–Kier alpha value is -0.750. The highest BCUT2D eigenvalue weighted by atomic mass is 35.5. The molecule has 1 aromatic rings. The van der Waals surface area contributed by atoms with Crippen molar-refractivity contribution in [2.75, 3.05) is 5.75 Å². The Morgan fingerprint density at radius 2 is 2.11 bits per heavy atom. The zero-order valence-corrected chi connectivity index (χ0v) is 12.1. The van der Waals surface area contributed by atoms with Crippen LogP contribution in [0, 0.1) is 5.92 Å². The number of halogens is 1. The van der Waals surface area contributed by atoms with Crippen LogP contribution < -0.4 is 16.2 Å². The molecule has 6 heteroatoms. The molecule has 3 rings (SSSR count). The van der Waals surface area contributed by atoms with E-state index in [2.05, 4.69) is 29.2 Å². The summed E-state index contributed by atoms with van der Waals surface area (Å²) < 4.78 is 0. The summed E-state index contributed by atoms with van der Waals surface area (Å²) in [6, 6.07) is 8.17. The Morgan fingerprint density at radius 1 is 1.32 bits per heavy atom. The third-order valence-electron chi connectivity index (χ3n) is 3.70. The van der Waals surface area contributed by atoms with Gasteiger partial charge < -0.3 is 5.32 Å². The first-order chi connectivity index (χ1) is 9.16. The van der Waals surface area contributed by atoms with E-state index in [0.717, 1.165) is 10.6 Å². The van der Waals surface area contributed by atoms with Gasteiger partial charge in [-0.2, -0.15) is 0 Å². The highest BCUT2D eigenvalue weighted by molar-refractivity contribution is 8.00. The molecule has 2 aliphatic rings. The van der Waals surface area contributed by atoms with Crippen molar-refractivity contribution in [3.05, 3.63) is 34.9 Å². The van der Waals surface area contributed by atoms with E-state index in [1.54, 1.807) is 11.8 Å². The SMILES string of the molecule is CC1NNC2NC(=O)CSC(c3ccccc3Cl)C12. The second kappa shape index (κ2) is 5.32. The van der Waals surface area contributed by atoms with Gasteiger partial charge in [-0.25, -0.2) is 5.43 Å². The summed E-state index contributed by atoms with van der Waals surface area (Å²) >= 11 is 7.99. The minimum absolute atomic E-state index is 0.0428. The van der Waals surface area contributed by atoms with Crippen LogP contribution in [-0.4, -0.2) is 23.9 Å². The number of fused-ring (bicyclic) bond motifs is 1. The summed E-state index contributed by atoms with van der Waals surface area (Å²) in [4.78, 5) is 11.8. The average molecular weight is 298 g/mol. The van der Waals surface area contributed by atoms with E-state index in [0.29, 0.717) is 5.75 Å². The smallest absolute Gasteiger partial charge is 0.231 e. The highest BCUT2D eigenvalue weighted by Crippen LogP contribution is 2.44. The van der Waals surface area contributed by atoms with Gasteiger partial charge in [0.1, 0.15) is 0 Å². The van der Waals surface area contributed by atoms with Crippen LogP contribution in [0.15, 0.2) is 24.3 Å². The van der Waals surface area contributed by atoms with Gasteiger partial charge in [0, 0.05) is 22.2 Å². The molecule has 0 saturated carbocycles. The number of amides is 1. The van der Waals surface area contributed by atoms with Crippen molar-refractivity contribution in [2.24, 2.45) is 5.92 Å². The Bertz CT molecular complexity index is 499.